The number of carbonyl (C=O) groups excluding carboxylic acids is 1. The van der Waals surface area contributed by atoms with Crippen LogP contribution in [0.25, 0.3) is 6.08 Å². The number of likely N-dealkylation sites (tertiary alicyclic amines) is 1. The fourth-order valence-electron chi connectivity index (χ4n) is 4.34. The maximum absolute atomic E-state index is 12.8. The Balaban J connectivity index is 1.79. The van der Waals surface area contributed by atoms with Gasteiger partial charge in [0.25, 0.3) is 0 Å². The summed E-state index contributed by atoms with van der Waals surface area (Å²) in [5, 5.41) is 0. The maximum Gasteiger partial charge on any atom is 0.246 e. The maximum atomic E-state index is 12.8. The van der Waals surface area contributed by atoms with Crippen molar-refractivity contribution in [2.24, 2.45) is 5.92 Å². The van der Waals surface area contributed by atoms with Crippen LogP contribution in [0.2, 0.25) is 0 Å². The average molecular weight is 359 g/mol. The van der Waals surface area contributed by atoms with E-state index >= 15 is 0 Å². The SMILES string of the molecule is COc1cc(OC)c(OC)cc1/C=C/C(=O)N1CCCC2CCCCC21. The molecule has 1 aromatic rings. The summed E-state index contributed by atoms with van der Waals surface area (Å²) < 4.78 is 16.1. The summed E-state index contributed by atoms with van der Waals surface area (Å²) in [5.41, 5.74) is 0.802. The molecule has 2 unspecified atom stereocenters. The molecule has 0 bridgehead atoms. The molecule has 1 aromatic carbocycles. The Morgan fingerprint density at radius 1 is 0.962 bits per heavy atom. The predicted octanol–water partition coefficient (Wildman–Crippen LogP) is 3.91. The third kappa shape index (κ3) is 3.81. The van der Waals surface area contributed by atoms with Crippen LogP contribution in [-0.4, -0.2) is 44.7 Å². The first-order chi connectivity index (χ1) is 12.7. The Hall–Kier alpha value is -2.17. The van der Waals surface area contributed by atoms with Crippen molar-refractivity contribution >= 4 is 12.0 Å². The molecule has 5 nitrogen and oxygen atoms in total. The number of ether oxygens (including phenoxy) is 3. The van der Waals surface area contributed by atoms with E-state index in [2.05, 4.69) is 4.90 Å². The molecular weight excluding hydrogens is 330 g/mol. The van der Waals surface area contributed by atoms with Gasteiger partial charge in [-0.15, -0.1) is 0 Å². The van der Waals surface area contributed by atoms with Gasteiger partial charge in [0.1, 0.15) is 5.75 Å². The summed E-state index contributed by atoms with van der Waals surface area (Å²) in [6.45, 7) is 0.868. The van der Waals surface area contributed by atoms with Gasteiger partial charge in [-0.25, -0.2) is 0 Å². The number of hydrogen-bond donors (Lipinski definition) is 0. The van der Waals surface area contributed by atoms with E-state index in [9.17, 15) is 4.79 Å². The molecule has 2 atom stereocenters. The van der Waals surface area contributed by atoms with E-state index in [4.69, 9.17) is 14.2 Å². The summed E-state index contributed by atoms with van der Waals surface area (Å²) in [7, 11) is 4.80. The van der Waals surface area contributed by atoms with Crippen LogP contribution >= 0.6 is 0 Å². The lowest BCUT2D eigenvalue weighted by atomic mass is 9.78. The molecule has 1 aliphatic heterocycles. The minimum absolute atomic E-state index is 0.0958. The minimum atomic E-state index is 0.0958. The molecule has 3 rings (SSSR count). The van der Waals surface area contributed by atoms with Crippen LogP contribution in [0, 0.1) is 5.92 Å². The van der Waals surface area contributed by atoms with Crippen molar-refractivity contribution in [3.8, 4) is 17.2 Å². The topological polar surface area (TPSA) is 48.0 Å². The van der Waals surface area contributed by atoms with Crippen molar-refractivity contribution in [1.29, 1.82) is 0 Å². The highest BCUT2D eigenvalue weighted by Crippen LogP contribution is 2.37. The summed E-state index contributed by atoms with van der Waals surface area (Å²) in [6, 6.07) is 4.03. The number of nitrogens with zero attached hydrogens (tertiary/aromatic N) is 1. The molecule has 1 amide bonds. The van der Waals surface area contributed by atoms with Gasteiger partial charge in [0.15, 0.2) is 11.5 Å². The number of methoxy groups -OCH3 is 3. The first kappa shape index (κ1) is 18.6. The van der Waals surface area contributed by atoms with E-state index in [0.717, 1.165) is 24.9 Å². The zero-order valence-corrected chi connectivity index (χ0v) is 16.0. The molecule has 1 heterocycles. The Kier molecular flexibility index (Phi) is 6.07. The van der Waals surface area contributed by atoms with Crippen LogP contribution in [0.5, 0.6) is 17.2 Å². The first-order valence-corrected chi connectivity index (χ1v) is 9.46. The van der Waals surface area contributed by atoms with Crippen molar-refractivity contribution in [1.82, 2.24) is 4.90 Å². The highest BCUT2D eigenvalue weighted by Gasteiger charge is 2.34. The van der Waals surface area contributed by atoms with Crippen LogP contribution in [0.3, 0.4) is 0 Å². The van der Waals surface area contributed by atoms with E-state index < -0.39 is 0 Å². The molecular formula is C21H29NO4. The predicted molar refractivity (Wildman–Crippen MR) is 102 cm³/mol. The summed E-state index contributed by atoms with van der Waals surface area (Å²) in [4.78, 5) is 14.9. The van der Waals surface area contributed by atoms with Crippen LogP contribution in [0.4, 0.5) is 0 Å². The fourth-order valence-corrected chi connectivity index (χ4v) is 4.34. The summed E-state index contributed by atoms with van der Waals surface area (Å²) >= 11 is 0. The first-order valence-electron chi connectivity index (χ1n) is 9.46. The van der Waals surface area contributed by atoms with Gasteiger partial charge in [0.05, 0.1) is 21.3 Å². The molecule has 0 radical (unpaired) electrons. The Labute approximate surface area is 155 Å². The third-order valence-corrected chi connectivity index (χ3v) is 5.67. The second kappa shape index (κ2) is 8.47. The van der Waals surface area contributed by atoms with Crippen molar-refractivity contribution in [2.75, 3.05) is 27.9 Å². The van der Waals surface area contributed by atoms with Gasteiger partial charge in [-0.3, -0.25) is 4.79 Å². The molecule has 2 fully saturated rings. The van der Waals surface area contributed by atoms with Crippen molar-refractivity contribution < 1.29 is 19.0 Å². The van der Waals surface area contributed by atoms with E-state index in [1.54, 1.807) is 33.5 Å². The fraction of sp³-hybridized carbons (Fsp3) is 0.571. The highest BCUT2D eigenvalue weighted by molar-refractivity contribution is 5.92. The van der Waals surface area contributed by atoms with E-state index in [1.165, 1.54) is 25.7 Å². The summed E-state index contributed by atoms with van der Waals surface area (Å²) in [6.07, 6.45) is 10.8. The van der Waals surface area contributed by atoms with Crippen molar-refractivity contribution in [3.63, 3.8) is 0 Å². The molecule has 26 heavy (non-hydrogen) atoms. The Morgan fingerprint density at radius 2 is 1.62 bits per heavy atom. The molecule has 1 aliphatic carbocycles. The van der Waals surface area contributed by atoms with Gasteiger partial charge < -0.3 is 19.1 Å². The van der Waals surface area contributed by atoms with Gasteiger partial charge in [0, 0.05) is 30.3 Å². The molecule has 142 valence electrons. The molecule has 2 aliphatic rings. The lowest BCUT2D eigenvalue weighted by molar-refractivity contribution is -0.132. The van der Waals surface area contributed by atoms with Crippen molar-refractivity contribution in [3.05, 3.63) is 23.8 Å². The number of amides is 1. The second-order valence-corrected chi connectivity index (χ2v) is 7.07. The smallest absolute Gasteiger partial charge is 0.246 e. The molecule has 0 spiro atoms. The van der Waals surface area contributed by atoms with Crippen LogP contribution < -0.4 is 14.2 Å². The highest BCUT2D eigenvalue weighted by atomic mass is 16.5. The van der Waals surface area contributed by atoms with Crippen LogP contribution in [-0.2, 0) is 4.79 Å². The van der Waals surface area contributed by atoms with Gasteiger partial charge >= 0.3 is 0 Å². The van der Waals surface area contributed by atoms with E-state index in [-0.39, 0.29) is 5.91 Å². The average Bonchev–Trinajstić information content (AvgIpc) is 2.70. The number of fused-ring (bicyclic) bond motifs is 1. The van der Waals surface area contributed by atoms with Crippen LogP contribution in [0.1, 0.15) is 44.1 Å². The largest absolute Gasteiger partial charge is 0.496 e. The Morgan fingerprint density at radius 3 is 2.35 bits per heavy atom. The van der Waals surface area contributed by atoms with Gasteiger partial charge in [0.2, 0.25) is 5.91 Å². The lowest BCUT2D eigenvalue weighted by Crippen LogP contribution is -2.49. The number of rotatable bonds is 5. The standard InChI is InChI=1S/C21H29NO4/c1-24-18-14-20(26-3)19(25-2)13-16(18)10-11-21(23)22-12-6-8-15-7-4-5-9-17(15)22/h10-11,13-15,17H,4-9,12H2,1-3H3/b11-10+. The van der Waals surface area contributed by atoms with E-state index in [0.29, 0.717) is 29.2 Å². The van der Waals surface area contributed by atoms with Crippen molar-refractivity contribution in [2.45, 2.75) is 44.6 Å². The van der Waals surface area contributed by atoms with E-state index in [1.807, 2.05) is 12.1 Å². The molecule has 1 saturated heterocycles. The number of hydrogen-bond acceptors (Lipinski definition) is 4. The quantitative estimate of drug-likeness (QED) is 0.748. The molecule has 1 saturated carbocycles. The normalized spacial score (nSPS) is 22.8. The van der Waals surface area contributed by atoms with Gasteiger partial charge in [-0.05, 0) is 43.7 Å². The monoisotopic (exact) mass is 359 g/mol. The molecule has 5 heteroatoms. The molecule has 0 aromatic heterocycles. The number of benzene rings is 1. The lowest BCUT2D eigenvalue weighted by Gasteiger charge is -2.43. The Bertz CT molecular complexity index is 668. The van der Waals surface area contributed by atoms with Crippen LogP contribution in [0.15, 0.2) is 18.2 Å². The van der Waals surface area contributed by atoms with Gasteiger partial charge in [-0.2, -0.15) is 0 Å². The zero-order chi connectivity index (χ0) is 18.5. The summed E-state index contributed by atoms with van der Waals surface area (Å²) in [5.74, 6) is 2.66. The molecule has 0 N–H and O–H groups in total. The number of piperidine rings is 1. The second-order valence-electron chi connectivity index (χ2n) is 7.07. The minimum Gasteiger partial charge on any atom is -0.496 e. The number of carbonyl (C=O) groups is 1. The zero-order valence-electron chi connectivity index (χ0n) is 16.0. The third-order valence-electron chi connectivity index (χ3n) is 5.67. The van der Waals surface area contributed by atoms with Gasteiger partial charge in [-0.1, -0.05) is 12.8 Å².